The number of hydrogen-bond acceptors (Lipinski definition) is 2. The molecule has 2 heterocycles. The molecule has 1 saturated heterocycles. The first-order valence-electron chi connectivity index (χ1n) is 7.35. The molecule has 3 rings (SSSR count). The van der Waals surface area contributed by atoms with E-state index in [1.54, 1.807) is 0 Å². The lowest BCUT2D eigenvalue weighted by Crippen LogP contribution is -2.55. The number of urea groups is 1. The zero-order valence-corrected chi connectivity index (χ0v) is 11.7. The van der Waals surface area contributed by atoms with Gasteiger partial charge in [0.2, 0.25) is 0 Å². The number of hydrazine groups is 1. The molecular weight excluding hydrogens is 250 g/mol. The van der Waals surface area contributed by atoms with Crippen LogP contribution in [-0.2, 0) is 6.42 Å². The Morgan fingerprint density at radius 1 is 1.15 bits per heavy atom. The molecule has 0 radical (unpaired) electrons. The first kappa shape index (κ1) is 13.2. The second-order valence-corrected chi connectivity index (χ2v) is 5.40. The van der Waals surface area contributed by atoms with Gasteiger partial charge in [0.1, 0.15) is 0 Å². The fourth-order valence-electron chi connectivity index (χ4n) is 2.83. The zero-order valence-electron chi connectivity index (χ0n) is 11.7. The van der Waals surface area contributed by atoms with Gasteiger partial charge in [0.25, 0.3) is 0 Å². The summed E-state index contributed by atoms with van der Waals surface area (Å²) < 4.78 is 0. The molecular formula is C16H21N3O. The van der Waals surface area contributed by atoms with Crippen molar-refractivity contribution in [1.29, 1.82) is 0 Å². The average molecular weight is 271 g/mol. The van der Waals surface area contributed by atoms with E-state index in [1.165, 1.54) is 11.1 Å². The third-order valence-electron chi connectivity index (χ3n) is 3.95. The molecule has 0 unspecified atom stereocenters. The van der Waals surface area contributed by atoms with Crippen LogP contribution >= 0.6 is 0 Å². The van der Waals surface area contributed by atoms with Crippen molar-refractivity contribution in [1.82, 2.24) is 15.3 Å². The van der Waals surface area contributed by atoms with Crippen LogP contribution in [0, 0.1) is 0 Å². The Bertz CT molecular complexity index is 498. The van der Waals surface area contributed by atoms with Gasteiger partial charge in [-0.3, -0.25) is 5.01 Å². The van der Waals surface area contributed by atoms with E-state index in [9.17, 15) is 4.79 Å². The molecule has 0 bridgehead atoms. The Labute approximate surface area is 120 Å². The van der Waals surface area contributed by atoms with Crippen molar-refractivity contribution in [2.24, 2.45) is 0 Å². The number of nitrogens with zero attached hydrogens (tertiary/aromatic N) is 2. The first-order chi connectivity index (χ1) is 9.83. The van der Waals surface area contributed by atoms with Crippen molar-refractivity contribution in [3.63, 3.8) is 0 Å². The van der Waals surface area contributed by atoms with Crippen molar-refractivity contribution in [3.05, 3.63) is 47.5 Å². The van der Waals surface area contributed by atoms with Crippen LogP contribution in [0.1, 0.15) is 18.4 Å². The fraction of sp³-hybridized carbons (Fsp3) is 0.438. The monoisotopic (exact) mass is 271 g/mol. The Morgan fingerprint density at radius 3 is 2.70 bits per heavy atom. The summed E-state index contributed by atoms with van der Waals surface area (Å²) in [6, 6.07) is 10.6. The molecule has 4 nitrogen and oxygen atoms in total. The van der Waals surface area contributed by atoms with Crippen molar-refractivity contribution < 1.29 is 4.79 Å². The second kappa shape index (κ2) is 6.09. The highest BCUT2D eigenvalue weighted by Crippen LogP contribution is 2.18. The van der Waals surface area contributed by atoms with Gasteiger partial charge in [-0.2, -0.15) is 0 Å². The quantitative estimate of drug-likeness (QED) is 0.855. The van der Waals surface area contributed by atoms with Crippen molar-refractivity contribution in [2.75, 3.05) is 26.2 Å². The molecule has 1 aromatic rings. The number of nitrogens with one attached hydrogen (secondary N) is 1. The lowest BCUT2D eigenvalue weighted by atomic mass is 10.0. The molecule has 1 N–H and O–H groups in total. The van der Waals surface area contributed by atoms with Crippen LogP contribution in [0.15, 0.2) is 42.0 Å². The Balaban J connectivity index is 1.59. The molecule has 106 valence electrons. The number of benzene rings is 1. The van der Waals surface area contributed by atoms with Crippen LogP contribution in [0.2, 0.25) is 0 Å². The Kier molecular flexibility index (Phi) is 4.02. The van der Waals surface area contributed by atoms with E-state index >= 15 is 0 Å². The molecule has 0 aliphatic carbocycles. The third kappa shape index (κ3) is 3.02. The summed E-state index contributed by atoms with van der Waals surface area (Å²) in [7, 11) is 0. The molecule has 1 aromatic carbocycles. The van der Waals surface area contributed by atoms with E-state index in [0.29, 0.717) is 0 Å². The normalized spacial score (nSPS) is 20.5. The summed E-state index contributed by atoms with van der Waals surface area (Å²) in [5, 5.41) is 6.92. The smallest absolute Gasteiger partial charge is 0.331 e. The molecule has 0 atom stereocenters. The van der Waals surface area contributed by atoms with E-state index in [4.69, 9.17) is 0 Å². The van der Waals surface area contributed by atoms with Crippen molar-refractivity contribution in [2.45, 2.75) is 19.3 Å². The van der Waals surface area contributed by atoms with Gasteiger partial charge >= 0.3 is 6.03 Å². The molecule has 0 aromatic heterocycles. The van der Waals surface area contributed by atoms with Gasteiger partial charge in [0.05, 0.1) is 0 Å². The minimum Gasteiger partial charge on any atom is -0.337 e. The fourth-order valence-corrected chi connectivity index (χ4v) is 2.83. The molecule has 1 fully saturated rings. The van der Waals surface area contributed by atoms with E-state index in [2.05, 4.69) is 46.7 Å². The summed E-state index contributed by atoms with van der Waals surface area (Å²) in [6.45, 7) is 3.42. The van der Waals surface area contributed by atoms with Crippen LogP contribution in [0.25, 0.3) is 0 Å². The van der Waals surface area contributed by atoms with Crippen LogP contribution in [0.4, 0.5) is 4.79 Å². The highest BCUT2D eigenvalue weighted by Gasteiger charge is 2.25. The largest absolute Gasteiger partial charge is 0.337 e. The summed E-state index contributed by atoms with van der Waals surface area (Å²) >= 11 is 0. The standard InChI is InChI=1S/C16H21N3O/c20-16-17-9-4-10-19(16)18-11-7-15(8-12-18)13-14-5-2-1-3-6-14/h1-3,5-7H,4,8-13H2,(H,17,20). The number of hydrogen-bond donors (Lipinski definition) is 1. The molecule has 2 aliphatic rings. The van der Waals surface area contributed by atoms with E-state index < -0.39 is 0 Å². The number of carbonyl (C=O) groups is 1. The van der Waals surface area contributed by atoms with Gasteiger partial charge in [0.15, 0.2) is 0 Å². The van der Waals surface area contributed by atoms with Crippen LogP contribution in [0.3, 0.4) is 0 Å². The Hall–Kier alpha value is -1.81. The zero-order chi connectivity index (χ0) is 13.8. The molecule has 2 aliphatic heterocycles. The van der Waals surface area contributed by atoms with E-state index in [0.717, 1.165) is 45.4 Å². The lowest BCUT2D eigenvalue weighted by Gasteiger charge is -2.38. The maximum absolute atomic E-state index is 11.8. The first-order valence-corrected chi connectivity index (χ1v) is 7.35. The number of rotatable bonds is 3. The molecule has 2 amide bonds. The maximum atomic E-state index is 11.8. The van der Waals surface area contributed by atoms with Crippen LogP contribution in [-0.4, -0.2) is 42.2 Å². The van der Waals surface area contributed by atoms with E-state index in [-0.39, 0.29) is 6.03 Å². The minimum absolute atomic E-state index is 0.0520. The Morgan fingerprint density at radius 2 is 2.00 bits per heavy atom. The summed E-state index contributed by atoms with van der Waals surface area (Å²) in [6.07, 6.45) is 5.38. The minimum atomic E-state index is 0.0520. The molecule has 20 heavy (non-hydrogen) atoms. The van der Waals surface area contributed by atoms with Crippen molar-refractivity contribution in [3.8, 4) is 0 Å². The average Bonchev–Trinajstić information content (AvgIpc) is 2.50. The van der Waals surface area contributed by atoms with Gasteiger partial charge in [-0.05, 0) is 24.8 Å². The summed E-state index contributed by atoms with van der Waals surface area (Å²) in [4.78, 5) is 11.8. The summed E-state index contributed by atoms with van der Waals surface area (Å²) in [5.41, 5.74) is 2.84. The highest BCUT2D eigenvalue weighted by molar-refractivity contribution is 5.74. The van der Waals surface area contributed by atoms with Gasteiger partial charge in [-0.1, -0.05) is 42.0 Å². The van der Waals surface area contributed by atoms with Crippen molar-refractivity contribution >= 4 is 6.03 Å². The van der Waals surface area contributed by atoms with Crippen LogP contribution < -0.4 is 5.32 Å². The lowest BCUT2D eigenvalue weighted by molar-refractivity contribution is 0.0116. The van der Waals surface area contributed by atoms with Gasteiger partial charge in [0, 0.05) is 26.2 Å². The predicted octanol–water partition coefficient (Wildman–Crippen LogP) is 2.19. The van der Waals surface area contributed by atoms with Gasteiger partial charge in [-0.15, -0.1) is 0 Å². The number of carbonyl (C=O) groups excluding carboxylic acids is 1. The maximum Gasteiger partial charge on any atom is 0.331 e. The molecule has 0 saturated carbocycles. The van der Waals surface area contributed by atoms with Gasteiger partial charge in [-0.25, -0.2) is 9.80 Å². The highest BCUT2D eigenvalue weighted by atomic mass is 16.2. The molecule has 4 heteroatoms. The number of amides is 2. The second-order valence-electron chi connectivity index (χ2n) is 5.40. The third-order valence-corrected chi connectivity index (χ3v) is 3.95. The van der Waals surface area contributed by atoms with Crippen LogP contribution in [0.5, 0.6) is 0 Å². The van der Waals surface area contributed by atoms with E-state index in [1.807, 2.05) is 5.01 Å². The predicted molar refractivity (Wildman–Crippen MR) is 79.1 cm³/mol. The topological polar surface area (TPSA) is 35.6 Å². The van der Waals surface area contributed by atoms with Gasteiger partial charge < -0.3 is 5.32 Å². The SMILES string of the molecule is O=C1NCCCN1N1CC=C(Cc2ccccc2)CC1. The summed E-state index contributed by atoms with van der Waals surface area (Å²) in [5.74, 6) is 0. The molecule has 0 spiro atoms.